The van der Waals surface area contributed by atoms with Crippen LogP contribution in [0.2, 0.25) is 0 Å². The summed E-state index contributed by atoms with van der Waals surface area (Å²) >= 11 is 0. The number of hydrogen-bond donors (Lipinski definition) is 1. The molecule has 6 nitrogen and oxygen atoms in total. The van der Waals surface area contributed by atoms with E-state index in [4.69, 9.17) is 9.84 Å². The molecule has 0 unspecified atom stereocenters. The first-order valence-corrected chi connectivity index (χ1v) is 4.75. The molecule has 0 fully saturated rings. The highest BCUT2D eigenvalue weighted by Crippen LogP contribution is 2.07. The maximum Gasteiger partial charge on any atom is 0.356 e. The summed E-state index contributed by atoms with van der Waals surface area (Å²) in [6.45, 7) is 5.25. The van der Waals surface area contributed by atoms with Crippen LogP contribution in [-0.4, -0.2) is 32.2 Å². The summed E-state index contributed by atoms with van der Waals surface area (Å²) in [6.07, 6.45) is 2.57. The number of rotatable bonds is 3. The van der Waals surface area contributed by atoms with Crippen molar-refractivity contribution in [3.63, 3.8) is 0 Å². The van der Waals surface area contributed by atoms with Gasteiger partial charge in [-0.05, 0) is 20.8 Å². The van der Waals surface area contributed by atoms with Gasteiger partial charge in [-0.3, -0.25) is 4.79 Å². The second-order valence-electron chi connectivity index (χ2n) is 4.32. The number of carboxylic acid groups (broad SMARTS) is 1. The molecule has 6 heteroatoms. The number of hydrogen-bond acceptors (Lipinski definition) is 4. The van der Waals surface area contributed by atoms with Gasteiger partial charge in [-0.2, -0.15) is 0 Å². The molecule has 0 aliphatic rings. The van der Waals surface area contributed by atoms with Crippen molar-refractivity contribution in [1.29, 1.82) is 0 Å². The van der Waals surface area contributed by atoms with Crippen LogP contribution >= 0.6 is 0 Å². The molecule has 0 amide bonds. The molecule has 88 valence electrons. The lowest BCUT2D eigenvalue weighted by atomic mass is 10.2. The number of carbonyl (C=O) groups excluding carboxylic acids is 1. The Morgan fingerprint density at radius 1 is 1.50 bits per heavy atom. The normalized spacial score (nSPS) is 11.2. The third kappa shape index (κ3) is 3.72. The van der Waals surface area contributed by atoms with Crippen LogP contribution in [0.15, 0.2) is 12.5 Å². The Balaban J connectivity index is 2.60. The summed E-state index contributed by atoms with van der Waals surface area (Å²) in [6, 6.07) is 0. The standard InChI is InChI=1S/C10H14N2O4/c1-10(2,3)16-8(13)5-12-4-7(9(14)15)11-6-12/h4,6H,5H2,1-3H3,(H,14,15). The zero-order chi connectivity index (χ0) is 12.3. The third-order valence-electron chi connectivity index (χ3n) is 1.58. The van der Waals surface area contributed by atoms with Crippen molar-refractivity contribution in [1.82, 2.24) is 9.55 Å². The first-order chi connectivity index (χ1) is 7.28. The van der Waals surface area contributed by atoms with Crippen LogP contribution in [0.4, 0.5) is 0 Å². The summed E-state index contributed by atoms with van der Waals surface area (Å²) in [5.74, 6) is -1.55. The van der Waals surface area contributed by atoms with Gasteiger partial charge in [-0.25, -0.2) is 9.78 Å². The van der Waals surface area contributed by atoms with Gasteiger partial charge in [0.25, 0.3) is 0 Å². The molecule has 1 rings (SSSR count). The lowest BCUT2D eigenvalue weighted by Gasteiger charge is -2.19. The van der Waals surface area contributed by atoms with Crippen molar-refractivity contribution in [2.75, 3.05) is 0 Å². The molecule has 0 atom stereocenters. The average molecular weight is 226 g/mol. The fourth-order valence-corrected chi connectivity index (χ4v) is 1.08. The van der Waals surface area contributed by atoms with E-state index in [0.717, 1.165) is 0 Å². The maximum absolute atomic E-state index is 11.4. The lowest BCUT2D eigenvalue weighted by molar-refractivity contribution is -0.155. The van der Waals surface area contributed by atoms with E-state index in [1.54, 1.807) is 20.8 Å². The van der Waals surface area contributed by atoms with E-state index in [0.29, 0.717) is 0 Å². The number of imidazole rings is 1. The first-order valence-electron chi connectivity index (χ1n) is 4.75. The van der Waals surface area contributed by atoms with Crippen molar-refractivity contribution >= 4 is 11.9 Å². The minimum Gasteiger partial charge on any atom is -0.476 e. The fraction of sp³-hybridized carbons (Fsp3) is 0.500. The molecule has 16 heavy (non-hydrogen) atoms. The van der Waals surface area contributed by atoms with Gasteiger partial charge < -0.3 is 14.4 Å². The van der Waals surface area contributed by atoms with Gasteiger partial charge in [-0.15, -0.1) is 0 Å². The zero-order valence-corrected chi connectivity index (χ0v) is 9.43. The SMILES string of the molecule is CC(C)(C)OC(=O)Cn1cnc(C(=O)O)c1. The van der Waals surface area contributed by atoms with Crippen LogP contribution in [-0.2, 0) is 16.1 Å². The Hall–Kier alpha value is -1.85. The predicted octanol–water partition coefficient (Wildman–Crippen LogP) is 0.923. The van der Waals surface area contributed by atoms with Gasteiger partial charge in [-0.1, -0.05) is 0 Å². The highest BCUT2D eigenvalue weighted by molar-refractivity contribution is 5.85. The van der Waals surface area contributed by atoms with Gasteiger partial charge in [0.2, 0.25) is 0 Å². The number of aromatic nitrogens is 2. The van der Waals surface area contributed by atoms with Gasteiger partial charge in [0, 0.05) is 6.20 Å². The number of carbonyl (C=O) groups is 2. The van der Waals surface area contributed by atoms with E-state index >= 15 is 0 Å². The Labute approximate surface area is 92.9 Å². The third-order valence-corrected chi connectivity index (χ3v) is 1.58. The number of esters is 1. The van der Waals surface area contributed by atoms with Crippen molar-refractivity contribution in [2.24, 2.45) is 0 Å². The summed E-state index contributed by atoms with van der Waals surface area (Å²) in [7, 11) is 0. The Bertz CT molecular complexity index is 403. The second-order valence-corrected chi connectivity index (χ2v) is 4.32. The van der Waals surface area contributed by atoms with Crippen LogP contribution in [0.5, 0.6) is 0 Å². The molecule has 1 aromatic heterocycles. The Morgan fingerprint density at radius 2 is 2.12 bits per heavy atom. The fourth-order valence-electron chi connectivity index (χ4n) is 1.08. The number of nitrogens with zero attached hydrogens (tertiary/aromatic N) is 2. The molecule has 1 heterocycles. The second kappa shape index (κ2) is 4.34. The van der Waals surface area contributed by atoms with Crippen molar-refractivity contribution in [3.8, 4) is 0 Å². The first kappa shape index (κ1) is 12.2. The summed E-state index contributed by atoms with van der Waals surface area (Å²) in [5.41, 5.74) is -0.642. The molecule has 1 aromatic rings. The topological polar surface area (TPSA) is 81.4 Å². The highest BCUT2D eigenvalue weighted by atomic mass is 16.6. The molecule has 0 bridgehead atoms. The van der Waals surface area contributed by atoms with E-state index in [9.17, 15) is 9.59 Å². The highest BCUT2D eigenvalue weighted by Gasteiger charge is 2.17. The molecule has 0 aliphatic carbocycles. The quantitative estimate of drug-likeness (QED) is 0.775. The van der Waals surface area contributed by atoms with Gasteiger partial charge in [0.15, 0.2) is 5.69 Å². The molecule has 1 N–H and O–H groups in total. The Morgan fingerprint density at radius 3 is 2.56 bits per heavy atom. The van der Waals surface area contributed by atoms with Crippen LogP contribution in [0, 0.1) is 0 Å². The molecule has 0 aromatic carbocycles. The number of aromatic carboxylic acids is 1. The summed E-state index contributed by atoms with van der Waals surface area (Å²) in [5, 5.41) is 8.63. The van der Waals surface area contributed by atoms with Crippen molar-refractivity contribution < 1.29 is 19.4 Å². The van der Waals surface area contributed by atoms with Crippen LogP contribution in [0.1, 0.15) is 31.3 Å². The summed E-state index contributed by atoms with van der Waals surface area (Å²) in [4.78, 5) is 25.5. The van der Waals surface area contributed by atoms with E-state index in [-0.39, 0.29) is 12.2 Å². The Kier molecular flexibility index (Phi) is 3.31. The van der Waals surface area contributed by atoms with Crippen molar-refractivity contribution in [3.05, 3.63) is 18.2 Å². The molecule has 0 saturated carbocycles. The number of carboxylic acids is 1. The molecule has 0 spiro atoms. The van der Waals surface area contributed by atoms with Crippen LogP contribution < -0.4 is 0 Å². The van der Waals surface area contributed by atoms with E-state index in [1.807, 2.05) is 0 Å². The summed E-state index contributed by atoms with van der Waals surface area (Å²) < 4.78 is 6.45. The van der Waals surface area contributed by atoms with Gasteiger partial charge in [0.1, 0.15) is 12.1 Å². The maximum atomic E-state index is 11.4. The zero-order valence-electron chi connectivity index (χ0n) is 9.43. The van der Waals surface area contributed by atoms with Crippen LogP contribution in [0.25, 0.3) is 0 Å². The van der Waals surface area contributed by atoms with E-state index in [2.05, 4.69) is 4.98 Å². The van der Waals surface area contributed by atoms with Gasteiger partial charge in [0.05, 0.1) is 6.33 Å². The monoisotopic (exact) mass is 226 g/mol. The predicted molar refractivity (Wildman–Crippen MR) is 55.0 cm³/mol. The van der Waals surface area contributed by atoms with Gasteiger partial charge >= 0.3 is 11.9 Å². The lowest BCUT2D eigenvalue weighted by Crippen LogP contribution is -2.26. The van der Waals surface area contributed by atoms with E-state index < -0.39 is 17.5 Å². The van der Waals surface area contributed by atoms with Crippen LogP contribution in [0.3, 0.4) is 0 Å². The smallest absolute Gasteiger partial charge is 0.356 e. The minimum absolute atomic E-state index is 0.0441. The van der Waals surface area contributed by atoms with Crippen molar-refractivity contribution in [2.45, 2.75) is 32.9 Å². The molecule has 0 saturated heterocycles. The van der Waals surface area contributed by atoms with E-state index in [1.165, 1.54) is 17.1 Å². The molecular formula is C10H14N2O4. The molecular weight excluding hydrogens is 212 g/mol. The average Bonchev–Trinajstić information content (AvgIpc) is 2.48. The number of ether oxygens (including phenoxy) is 1. The molecule has 0 aliphatic heterocycles. The minimum atomic E-state index is -1.12. The molecule has 0 radical (unpaired) electrons. The largest absolute Gasteiger partial charge is 0.476 e.